The standard InChI is InChI=1S/C12H18N4/c1-3-12(15-6-4-13-5-7-15)16-10-8-14(2)9-11-16/h4-6,8-12H,3,7H2,1-2H3. The van der Waals surface area contributed by atoms with Crippen molar-refractivity contribution in [3.63, 3.8) is 0 Å². The first-order valence-electron chi connectivity index (χ1n) is 5.61. The summed E-state index contributed by atoms with van der Waals surface area (Å²) in [5.41, 5.74) is 0. The SMILES string of the molecule is CCC(N1C=CN(C)C=C1)N1C=CN=CC1. The summed E-state index contributed by atoms with van der Waals surface area (Å²) in [5, 5.41) is 0. The minimum absolute atomic E-state index is 0.365. The van der Waals surface area contributed by atoms with Gasteiger partial charge in [-0.2, -0.15) is 0 Å². The van der Waals surface area contributed by atoms with E-state index in [0.29, 0.717) is 6.17 Å². The van der Waals surface area contributed by atoms with Gasteiger partial charge in [-0.15, -0.1) is 0 Å². The minimum atomic E-state index is 0.365. The molecule has 0 fully saturated rings. The molecule has 0 saturated carbocycles. The van der Waals surface area contributed by atoms with Crippen molar-refractivity contribution in [2.24, 2.45) is 4.99 Å². The van der Waals surface area contributed by atoms with Crippen LogP contribution in [0.5, 0.6) is 0 Å². The zero-order valence-corrected chi connectivity index (χ0v) is 9.82. The average molecular weight is 218 g/mol. The first-order chi connectivity index (χ1) is 7.81. The molecule has 2 heterocycles. The normalized spacial score (nSPS) is 20.8. The molecule has 0 aromatic carbocycles. The van der Waals surface area contributed by atoms with Crippen molar-refractivity contribution >= 4 is 6.21 Å². The van der Waals surface area contributed by atoms with Gasteiger partial charge in [0, 0.05) is 50.5 Å². The van der Waals surface area contributed by atoms with Gasteiger partial charge in [-0.1, -0.05) is 6.92 Å². The Balaban J connectivity index is 2.05. The Bertz CT molecular complexity index is 329. The van der Waals surface area contributed by atoms with E-state index in [9.17, 15) is 0 Å². The number of hydrogen-bond acceptors (Lipinski definition) is 4. The maximum absolute atomic E-state index is 4.09. The summed E-state index contributed by atoms with van der Waals surface area (Å²) in [6.45, 7) is 3.08. The summed E-state index contributed by atoms with van der Waals surface area (Å²) in [6.07, 6.45) is 15.6. The molecule has 2 aliphatic rings. The second kappa shape index (κ2) is 4.88. The first-order valence-corrected chi connectivity index (χ1v) is 5.61. The van der Waals surface area contributed by atoms with Crippen LogP contribution in [0.4, 0.5) is 0 Å². The first kappa shape index (κ1) is 10.8. The van der Waals surface area contributed by atoms with E-state index in [1.165, 1.54) is 0 Å². The van der Waals surface area contributed by atoms with E-state index in [1.54, 1.807) is 0 Å². The molecule has 1 unspecified atom stereocenters. The lowest BCUT2D eigenvalue weighted by atomic mass is 10.3. The van der Waals surface area contributed by atoms with Crippen LogP contribution in [0, 0.1) is 0 Å². The monoisotopic (exact) mass is 218 g/mol. The number of aliphatic imine (C=N–C) groups is 1. The second-order valence-electron chi connectivity index (χ2n) is 3.92. The van der Waals surface area contributed by atoms with Crippen LogP contribution in [0.2, 0.25) is 0 Å². The molecular weight excluding hydrogens is 200 g/mol. The predicted octanol–water partition coefficient (Wildman–Crippen LogP) is 1.77. The fourth-order valence-electron chi connectivity index (χ4n) is 1.89. The molecule has 1 atom stereocenters. The molecule has 0 bridgehead atoms. The second-order valence-corrected chi connectivity index (χ2v) is 3.92. The highest BCUT2D eigenvalue weighted by Crippen LogP contribution is 2.15. The highest BCUT2D eigenvalue weighted by molar-refractivity contribution is 5.61. The van der Waals surface area contributed by atoms with Crippen molar-refractivity contribution in [2.75, 3.05) is 13.6 Å². The molecule has 16 heavy (non-hydrogen) atoms. The van der Waals surface area contributed by atoms with Crippen molar-refractivity contribution in [2.45, 2.75) is 19.5 Å². The van der Waals surface area contributed by atoms with E-state index >= 15 is 0 Å². The summed E-state index contributed by atoms with van der Waals surface area (Å²) in [5.74, 6) is 0. The van der Waals surface area contributed by atoms with E-state index in [2.05, 4.69) is 46.5 Å². The van der Waals surface area contributed by atoms with Gasteiger partial charge in [0.1, 0.15) is 6.17 Å². The van der Waals surface area contributed by atoms with Crippen LogP contribution >= 0.6 is 0 Å². The lowest BCUT2D eigenvalue weighted by Gasteiger charge is -2.37. The minimum Gasteiger partial charge on any atom is -0.354 e. The lowest BCUT2D eigenvalue weighted by Crippen LogP contribution is -2.42. The molecular formula is C12H18N4. The van der Waals surface area contributed by atoms with Crippen molar-refractivity contribution in [1.29, 1.82) is 0 Å². The van der Waals surface area contributed by atoms with E-state index in [-0.39, 0.29) is 0 Å². The molecule has 0 spiro atoms. The van der Waals surface area contributed by atoms with Crippen LogP contribution in [-0.4, -0.2) is 40.7 Å². The molecule has 0 N–H and O–H groups in total. The zero-order chi connectivity index (χ0) is 11.4. The van der Waals surface area contributed by atoms with E-state index in [1.807, 2.05) is 30.6 Å². The molecule has 4 heteroatoms. The molecule has 2 rings (SSSR count). The molecule has 0 saturated heterocycles. The van der Waals surface area contributed by atoms with Gasteiger partial charge in [-0.25, -0.2) is 0 Å². The number of rotatable bonds is 3. The summed E-state index contributed by atoms with van der Waals surface area (Å²) >= 11 is 0. The van der Waals surface area contributed by atoms with Gasteiger partial charge in [-0.3, -0.25) is 4.99 Å². The quantitative estimate of drug-likeness (QED) is 0.720. The molecule has 0 radical (unpaired) electrons. The highest BCUT2D eigenvalue weighted by atomic mass is 15.3. The van der Waals surface area contributed by atoms with Gasteiger partial charge in [0.15, 0.2) is 0 Å². The van der Waals surface area contributed by atoms with Gasteiger partial charge >= 0.3 is 0 Å². The zero-order valence-electron chi connectivity index (χ0n) is 9.82. The van der Waals surface area contributed by atoms with Gasteiger partial charge in [-0.05, 0) is 6.42 Å². The maximum Gasteiger partial charge on any atom is 0.105 e. The van der Waals surface area contributed by atoms with E-state index in [0.717, 1.165) is 13.0 Å². The van der Waals surface area contributed by atoms with Crippen LogP contribution in [0.25, 0.3) is 0 Å². The molecule has 0 aromatic rings. The number of nitrogens with zero attached hydrogens (tertiary/aromatic N) is 4. The van der Waals surface area contributed by atoms with Gasteiger partial charge in [0.05, 0.1) is 6.54 Å². The average Bonchev–Trinajstić information content (AvgIpc) is 2.34. The van der Waals surface area contributed by atoms with Crippen LogP contribution < -0.4 is 0 Å². The van der Waals surface area contributed by atoms with Crippen LogP contribution in [0.15, 0.2) is 42.2 Å². The summed E-state index contributed by atoms with van der Waals surface area (Å²) in [4.78, 5) is 10.6. The largest absolute Gasteiger partial charge is 0.354 e. The molecule has 86 valence electrons. The Morgan fingerprint density at radius 2 is 1.94 bits per heavy atom. The van der Waals surface area contributed by atoms with Crippen molar-refractivity contribution in [3.8, 4) is 0 Å². The molecule has 0 aliphatic carbocycles. The smallest absolute Gasteiger partial charge is 0.105 e. The number of hydrogen-bond donors (Lipinski definition) is 0. The van der Waals surface area contributed by atoms with Crippen molar-refractivity contribution < 1.29 is 0 Å². The predicted molar refractivity (Wildman–Crippen MR) is 66.3 cm³/mol. The highest BCUT2D eigenvalue weighted by Gasteiger charge is 2.18. The van der Waals surface area contributed by atoms with Gasteiger partial charge in [0.25, 0.3) is 0 Å². The fourth-order valence-corrected chi connectivity index (χ4v) is 1.89. The summed E-state index contributed by atoms with van der Waals surface area (Å²) in [6, 6.07) is 0. The van der Waals surface area contributed by atoms with Gasteiger partial charge in [0.2, 0.25) is 0 Å². The molecule has 0 aromatic heterocycles. The maximum atomic E-state index is 4.09. The Morgan fingerprint density at radius 1 is 1.19 bits per heavy atom. The van der Waals surface area contributed by atoms with E-state index in [4.69, 9.17) is 0 Å². The molecule has 2 aliphatic heterocycles. The summed E-state index contributed by atoms with van der Waals surface area (Å²) < 4.78 is 0. The van der Waals surface area contributed by atoms with Crippen LogP contribution in [0.1, 0.15) is 13.3 Å². The van der Waals surface area contributed by atoms with Crippen molar-refractivity contribution in [1.82, 2.24) is 14.7 Å². The Morgan fingerprint density at radius 3 is 2.50 bits per heavy atom. The third-order valence-corrected chi connectivity index (χ3v) is 2.78. The molecule has 4 nitrogen and oxygen atoms in total. The van der Waals surface area contributed by atoms with Crippen LogP contribution in [0.3, 0.4) is 0 Å². The fraction of sp³-hybridized carbons (Fsp3) is 0.417. The third-order valence-electron chi connectivity index (χ3n) is 2.78. The molecule has 0 amide bonds. The van der Waals surface area contributed by atoms with Crippen LogP contribution in [-0.2, 0) is 0 Å². The topological polar surface area (TPSA) is 22.1 Å². The van der Waals surface area contributed by atoms with E-state index < -0.39 is 0 Å². The summed E-state index contributed by atoms with van der Waals surface area (Å²) in [7, 11) is 2.03. The lowest BCUT2D eigenvalue weighted by molar-refractivity contribution is 0.164. The Hall–Kier alpha value is -1.71. The van der Waals surface area contributed by atoms with Crippen molar-refractivity contribution in [3.05, 3.63) is 37.2 Å². The Kier molecular flexibility index (Phi) is 3.29. The Labute approximate surface area is 96.8 Å². The third kappa shape index (κ3) is 2.27. The van der Waals surface area contributed by atoms with Gasteiger partial charge < -0.3 is 14.7 Å².